The Labute approximate surface area is 118 Å². The fourth-order valence-electron chi connectivity index (χ4n) is 1.50. The van der Waals surface area contributed by atoms with Gasteiger partial charge in [-0.15, -0.1) is 24.0 Å². The summed E-state index contributed by atoms with van der Waals surface area (Å²) in [6, 6.07) is 9.68. The van der Waals surface area contributed by atoms with Gasteiger partial charge in [-0.3, -0.25) is 4.99 Å². The molecule has 0 heterocycles. The molecule has 0 aliphatic heterocycles. The number of halogens is 1. The van der Waals surface area contributed by atoms with E-state index in [1.807, 2.05) is 30.3 Å². The molecule has 0 atom stereocenters. The van der Waals surface area contributed by atoms with Crippen molar-refractivity contribution in [3.05, 3.63) is 30.3 Å². The van der Waals surface area contributed by atoms with Crippen LogP contribution in [0.2, 0.25) is 0 Å². The first-order valence-corrected chi connectivity index (χ1v) is 5.47. The van der Waals surface area contributed by atoms with Gasteiger partial charge < -0.3 is 16.2 Å². The first-order chi connectivity index (χ1) is 7.74. The third kappa shape index (κ3) is 4.16. The molecule has 1 aromatic carbocycles. The summed E-state index contributed by atoms with van der Waals surface area (Å²) in [5, 5.41) is 12.1. The van der Waals surface area contributed by atoms with Crippen LogP contribution in [0.3, 0.4) is 0 Å². The largest absolute Gasteiger partial charge is 0.396 e. The minimum atomic E-state index is 0. The number of anilines is 1. The van der Waals surface area contributed by atoms with Crippen LogP contribution in [0.15, 0.2) is 35.3 Å². The Balaban J connectivity index is 0.00000144. The average molecular weight is 347 g/mol. The van der Waals surface area contributed by atoms with E-state index >= 15 is 0 Å². The number of aliphatic hydroxyl groups is 1. The minimum Gasteiger partial charge on any atom is -0.396 e. The molecule has 1 aliphatic rings. The molecule has 1 saturated carbocycles. The number of aliphatic imine (C=N–C) groups is 1. The number of hydrogen-bond donors (Lipinski definition) is 3. The maximum absolute atomic E-state index is 9.13. The molecular weight excluding hydrogens is 329 g/mol. The van der Waals surface area contributed by atoms with E-state index in [1.54, 1.807) is 0 Å². The van der Waals surface area contributed by atoms with Crippen molar-refractivity contribution in [3.8, 4) is 0 Å². The summed E-state index contributed by atoms with van der Waals surface area (Å²) in [4.78, 5) is 4.25. The summed E-state index contributed by atoms with van der Waals surface area (Å²) in [6.45, 7) is 0.810. The first kappa shape index (κ1) is 14.2. The number of para-hydroxylation sites is 1. The fourth-order valence-corrected chi connectivity index (χ4v) is 1.50. The predicted molar refractivity (Wildman–Crippen MR) is 80.7 cm³/mol. The Kier molecular flexibility index (Phi) is 5.20. The standard InChI is InChI=1S/C12H17N3O.HI/c13-11(14-8-12(9-16)6-7-12)15-10-4-2-1-3-5-10;/h1-5,16H,6-9H2,(H3,13,14,15);1H. The summed E-state index contributed by atoms with van der Waals surface area (Å²) in [5.74, 6) is 0.408. The van der Waals surface area contributed by atoms with Crippen LogP contribution in [-0.2, 0) is 0 Å². The number of nitrogens with two attached hydrogens (primary N) is 1. The number of hydrogen-bond acceptors (Lipinski definition) is 2. The van der Waals surface area contributed by atoms with Gasteiger partial charge in [0, 0.05) is 11.1 Å². The first-order valence-electron chi connectivity index (χ1n) is 5.47. The molecule has 0 aromatic heterocycles. The highest BCUT2D eigenvalue weighted by Crippen LogP contribution is 2.45. The van der Waals surface area contributed by atoms with Crippen molar-refractivity contribution >= 4 is 35.6 Å². The van der Waals surface area contributed by atoms with E-state index in [4.69, 9.17) is 10.8 Å². The van der Waals surface area contributed by atoms with E-state index in [-0.39, 0.29) is 36.0 Å². The average Bonchev–Trinajstić information content (AvgIpc) is 3.09. The highest BCUT2D eigenvalue weighted by atomic mass is 127. The smallest absolute Gasteiger partial charge is 0.193 e. The van der Waals surface area contributed by atoms with Crippen LogP contribution in [-0.4, -0.2) is 24.2 Å². The van der Waals surface area contributed by atoms with Crippen LogP contribution in [0, 0.1) is 5.41 Å². The zero-order valence-corrected chi connectivity index (χ0v) is 11.9. The lowest BCUT2D eigenvalue weighted by atomic mass is 10.1. The molecule has 5 heteroatoms. The lowest BCUT2D eigenvalue weighted by molar-refractivity contribution is 0.217. The van der Waals surface area contributed by atoms with Crippen molar-refractivity contribution in [3.63, 3.8) is 0 Å². The van der Waals surface area contributed by atoms with Crippen LogP contribution in [0.1, 0.15) is 12.8 Å². The molecule has 0 saturated heterocycles. The molecule has 1 aliphatic carbocycles. The normalized spacial score (nSPS) is 17.1. The maximum Gasteiger partial charge on any atom is 0.193 e. The number of guanidine groups is 1. The topological polar surface area (TPSA) is 70.6 Å². The number of nitrogens with one attached hydrogen (secondary N) is 1. The fraction of sp³-hybridized carbons (Fsp3) is 0.417. The van der Waals surface area contributed by atoms with Crippen molar-refractivity contribution in [1.82, 2.24) is 0 Å². The highest BCUT2D eigenvalue weighted by molar-refractivity contribution is 14.0. The van der Waals surface area contributed by atoms with E-state index in [9.17, 15) is 0 Å². The maximum atomic E-state index is 9.13. The summed E-state index contributed by atoms with van der Waals surface area (Å²) in [6.07, 6.45) is 2.09. The van der Waals surface area contributed by atoms with Gasteiger partial charge in [0.15, 0.2) is 5.96 Å². The van der Waals surface area contributed by atoms with Gasteiger partial charge in [-0.2, -0.15) is 0 Å². The Morgan fingerprint density at radius 2 is 2.00 bits per heavy atom. The third-order valence-corrected chi connectivity index (χ3v) is 2.92. The lowest BCUT2D eigenvalue weighted by Crippen LogP contribution is -2.24. The zero-order chi connectivity index (χ0) is 11.4. The summed E-state index contributed by atoms with van der Waals surface area (Å²) < 4.78 is 0. The van der Waals surface area contributed by atoms with Crippen LogP contribution < -0.4 is 11.1 Å². The van der Waals surface area contributed by atoms with Gasteiger partial charge in [0.1, 0.15) is 0 Å². The van der Waals surface area contributed by atoms with E-state index in [0.717, 1.165) is 18.5 Å². The SMILES string of the molecule is I.NC(=NCC1(CO)CC1)Nc1ccccc1. The third-order valence-electron chi connectivity index (χ3n) is 2.92. The molecule has 0 unspecified atom stereocenters. The molecule has 94 valence electrons. The molecule has 1 aromatic rings. The molecule has 0 bridgehead atoms. The van der Waals surface area contributed by atoms with Crippen molar-refractivity contribution in [1.29, 1.82) is 0 Å². The Morgan fingerprint density at radius 1 is 1.35 bits per heavy atom. The van der Waals surface area contributed by atoms with Gasteiger partial charge in [0.25, 0.3) is 0 Å². The van der Waals surface area contributed by atoms with Gasteiger partial charge in [-0.1, -0.05) is 18.2 Å². The van der Waals surface area contributed by atoms with Crippen molar-refractivity contribution in [2.24, 2.45) is 16.1 Å². The van der Waals surface area contributed by atoms with Gasteiger partial charge in [0.05, 0.1) is 13.2 Å². The molecule has 4 N–H and O–H groups in total. The van der Waals surface area contributed by atoms with Gasteiger partial charge in [0.2, 0.25) is 0 Å². The molecule has 0 radical (unpaired) electrons. The molecule has 0 amide bonds. The zero-order valence-electron chi connectivity index (χ0n) is 9.60. The molecular formula is C12H18IN3O. The van der Waals surface area contributed by atoms with Crippen molar-refractivity contribution < 1.29 is 5.11 Å². The molecule has 0 spiro atoms. The highest BCUT2D eigenvalue weighted by Gasteiger charge is 2.41. The van der Waals surface area contributed by atoms with E-state index < -0.39 is 0 Å². The number of aliphatic hydroxyl groups excluding tert-OH is 1. The van der Waals surface area contributed by atoms with Gasteiger partial charge >= 0.3 is 0 Å². The number of benzene rings is 1. The second kappa shape index (κ2) is 6.20. The summed E-state index contributed by atoms with van der Waals surface area (Å²) in [5.41, 5.74) is 6.70. The van der Waals surface area contributed by atoms with Crippen LogP contribution in [0.4, 0.5) is 5.69 Å². The van der Waals surface area contributed by atoms with Gasteiger partial charge in [-0.25, -0.2) is 0 Å². The van der Waals surface area contributed by atoms with Crippen LogP contribution in [0.25, 0.3) is 0 Å². The monoisotopic (exact) mass is 347 g/mol. The van der Waals surface area contributed by atoms with E-state index in [1.165, 1.54) is 0 Å². The summed E-state index contributed by atoms with van der Waals surface area (Å²) in [7, 11) is 0. The van der Waals surface area contributed by atoms with Gasteiger partial charge in [-0.05, 0) is 25.0 Å². The Morgan fingerprint density at radius 3 is 2.53 bits per heavy atom. The molecule has 4 nitrogen and oxygen atoms in total. The molecule has 17 heavy (non-hydrogen) atoms. The van der Waals surface area contributed by atoms with E-state index in [2.05, 4.69) is 10.3 Å². The summed E-state index contributed by atoms with van der Waals surface area (Å²) >= 11 is 0. The minimum absolute atomic E-state index is 0. The number of rotatable bonds is 4. The van der Waals surface area contributed by atoms with Crippen LogP contribution in [0.5, 0.6) is 0 Å². The quantitative estimate of drug-likeness (QED) is 0.442. The number of nitrogens with zero attached hydrogens (tertiary/aromatic N) is 1. The van der Waals surface area contributed by atoms with E-state index in [0.29, 0.717) is 12.5 Å². The molecule has 1 fully saturated rings. The lowest BCUT2D eigenvalue weighted by Gasteiger charge is -2.09. The second-order valence-electron chi connectivity index (χ2n) is 4.35. The Hall–Kier alpha value is -0.820. The second-order valence-corrected chi connectivity index (χ2v) is 4.35. The van der Waals surface area contributed by atoms with Crippen molar-refractivity contribution in [2.45, 2.75) is 12.8 Å². The van der Waals surface area contributed by atoms with Crippen molar-refractivity contribution in [2.75, 3.05) is 18.5 Å². The van der Waals surface area contributed by atoms with Crippen LogP contribution >= 0.6 is 24.0 Å². The predicted octanol–water partition coefficient (Wildman–Crippen LogP) is 1.80. The molecule has 2 rings (SSSR count). The Bertz CT molecular complexity index is 377.